The Balaban J connectivity index is 2.27. The Hall–Kier alpha value is -2.48. The van der Waals surface area contributed by atoms with Crippen LogP contribution in [0.25, 0.3) is 0 Å². The molecule has 1 heterocycles. The van der Waals surface area contributed by atoms with Gasteiger partial charge in [0.15, 0.2) is 5.43 Å². The number of nitrogens with one attached hydrogen (secondary N) is 2. The fourth-order valence-corrected chi connectivity index (χ4v) is 2.13. The van der Waals surface area contributed by atoms with E-state index in [0.29, 0.717) is 15.9 Å². The molecule has 2 rings (SSSR count). The number of nitro groups is 1. The lowest BCUT2D eigenvalue weighted by atomic mass is 10.2. The third-order valence-corrected chi connectivity index (χ3v) is 3.37. The van der Waals surface area contributed by atoms with Gasteiger partial charge in [-0.2, -0.15) is 0 Å². The lowest BCUT2D eigenvalue weighted by Crippen LogP contribution is -2.21. The second kappa shape index (κ2) is 5.88. The summed E-state index contributed by atoms with van der Waals surface area (Å²) in [6.07, 6.45) is 1.33. The van der Waals surface area contributed by atoms with Crippen molar-refractivity contribution in [1.82, 2.24) is 4.98 Å². The van der Waals surface area contributed by atoms with Crippen LogP contribution in [0.3, 0.4) is 0 Å². The van der Waals surface area contributed by atoms with Crippen LogP contribution in [0, 0.1) is 17.0 Å². The highest BCUT2D eigenvalue weighted by atomic mass is 79.9. The third kappa shape index (κ3) is 3.34. The first kappa shape index (κ1) is 14.9. The largest absolute Gasteiger partial charge is 0.364 e. The molecule has 108 valence electrons. The van der Waals surface area contributed by atoms with Gasteiger partial charge in [-0.15, -0.1) is 0 Å². The molecule has 0 aliphatic heterocycles. The number of halogens is 1. The zero-order valence-electron chi connectivity index (χ0n) is 10.8. The van der Waals surface area contributed by atoms with E-state index in [-0.39, 0.29) is 11.3 Å². The lowest BCUT2D eigenvalue weighted by Gasteiger charge is -2.07. The van der Waals surface area contributed by atoms with Gasteiger partial charge in [-0.05, 0) is 28.9 Å². The molecule has 0 aliphatic carbocycles. The second-order valence-corrected chi connectivity index (χ2v) is 5.12. The zero-order chi connectivity index (χ0) is 15.6. The molecular weight excluding hydrogens is 342 g/mol. The number of carbonyl (C=O) groups is 1. The molecule has 0 saturated heterocycles. The Kier molecular flexibility index (Phi) is 4.18. The number of nitro benzene ring substituents is 1. The lowest BCUT2D eigenvalue weighted by molar-refractivity contribution is -0.384. The minimum Gasteiger partial charge on any atom is -0.364 e. The van der Waals surface area contributed by atoms with Crippen LogP contribution in [0.1, 0.15) is 16.1 Å². The number of amides is 1. The summed E-state index contributed by atoms with van der Waals surface area (Å²) in [6, 6.07) is 5.25. The predicted octanol–water partition coefficient (Wildman–Crippen LogP) is 2.61. The Labute approximate surface area is 127 Å². The van der Waals surface area contributed by atoms with Crippen molar-refractivity contribution in [2.24, 2.45) is 0 Å². The molecule has 21 heavy (non-hydrogen) atoms. The first-order chi connectivity index (χ1) is 9.88. The maximum atomic E-state index is 12.0. The summed E-state index contributed by atoms with van der Waals surface area (Å²) in [5, 5.41) is 13.2. The Bertz CT molecular complexity index is 785. The van der Waals surface area contributed by atoms with Crippen molar-refractivity contribution in [2.75, 3.05) is 5.32 Å². The molecule has 8 heteroatoms. The Morgan fingerprint density at radius 2 is 2.10 bits per heavy atom. The van der Waals surface area contributed by atoms with Crippen molar-refractivity contribution < 1.29 is 9.72 Å². The quantitative estimate of drug-likeness (QED) is 0.654. The van der Waals surface area contributed by atoms with E-state index in [1.54, 1.807) is 6.92 Å². The summed E-state index contributed by atoms with van der Waals surface area (Å²) in [7, 11) is 0. The SMILES string of the molecule is Cc1cc(=O)c(C(=O)Nc2ccc([N+](=O)[O-])cc2Br)c[nH]1. The van der Waals surface area contributed by atoms with E-state index in [9.17, 15) is 19.7 Å². The first-order valence-corrected chi connectivity index (χ1v) is 6.62. The topological polar surface area (TPSA) is 105 Å². The molecule has 0 saturated carbocycles. The number of pyridine rings is 1. The van der Waals surface area contributed by atoms with Crippen molar-refractivity contribution >= 4 is 33.2 Å². The first-order valence-electron chi connectivity index (χ1n) is 5.83. The summed E-state index contributed by atoms with van der Waals surface area (Å²) in [4.78, 5) is 36.6. The number of carbonyl (C=O) groups excluding carboxylic acids is 1. The number of hydrogen-bond acceptors (Lipinski definition) is 4. The van der Waals surface area contributed by atoms with Crippen LogP contribution in [0.15, 0.2) is 39.7 Å². The molecule has 2 aromatic rings. The van der Waals surface area contributed by atoms with Crippen LogP contribution in [-0.2, 0) is 0 Å². The Morgan fingerprint density at radius 3 is 2.67 bits per heavy atom. The number of rotatable bonds is 3. The van der Waals surface area contributed by atoms with Crippen LogP contribution < -0.4 is 10.7 Å². The highest BCUT2D eigenvalue weighted by Crippen LogP contribution is 2.27. The highest BCUT2D eigenvalue weighted by Gasteiger charge is 2.14. The summed E-state index contributed by atoms with van der Waals surface area (Å²) in [5.74, 6) is -0.592. The molecule has 7 nitrogen and oxygen atoms in total. The summed E-state index contributed by atoms with van der Waals surface area (Å²) < 4.78 is 0.355. The molecule has 0 aliphatic rings. The molecule has 1 aromatic heterocycles. The molecule has 0 fully saturated rings. The van der Waals surface area contributed by atoms with Gasteiger partial charge in [-0.3, -0.25) is 19.7 Å². The average Bonchev–Trinajstić information content (AvgIpc) is 2.40. The molecule has 1 amide bonds. The van der Waals surface area contributed by atoms with Gasteiger partial charge in [0, 0.05) is 34.6 Å². The van der Waals surface area contributed by atoms with Gasteiger partial charge in [0.1, 0.15) is 5.56 Å². The van der Waals surface area contributed by atoms with E-state index >= 15 is 0 Å². The van der Waals surface area contributed by atoms with Gasteiger partial charge in [0.2, 0.25) is 0 Å². The van der Waals surface area contributed by atoms with Gasteiger partial charge in [0.25, 0.3) is 11.6 Å². The molecule has 0 bridgehead atoms. The Morgan fingerprint density at radius 1 is 1.38 bits per heavy atom. The normalized spacial score (nSPS) is 10.2. The molecule has 0 radical (unpaired) electrons. The monoisotopic (exact) mass is 351 g/mol. The van der Waals surface area contributed by atoms with Gasteiger partial charge < -0.3 is 10.3 Å². The van der Waals surface area contributed by atoms with Gasteiger partial charge >= 0.3 is 0 Å². The smallest absolute Gasteiger partial charge is 0.270 e. The number of benzene rings is 1. The maximum Gasteiger partial charge on any atom is 0.270 e. The fourth-order valence-electron chi connectivity index (χ4n) is 1.66. The van der Waals surface area contributed by atoms with E-state index in [1.807, 2.05) is 0 Å². The van der Waals surface area contributed by atoms with E-state index in [4.69, 9.17) is 0 Å². The average molecular weight is 352 g/mol. The molecule has 0 spiro atoms. The standard InChI is InChI=1S/C13H10BrN3O4/c1-7-4-12(18)9(6-15-7)13(19)16-11-3-2-8(17(20)21)5-10(11)14/h2-6H,1H3,(H,15,18)(H,16,19). The number of aromatic amines is 1. The van der Waals surface area contributed by atoms with Crippen LogP contribution in [0.5, 0.6) is 0 Å². The van der Waals surface area contributed by atoms with Gasteiger partial charge in [-0.25, -0.2) is 0 Å². The molecular formula is C13H10BrN3O4. The summed E-state index contributed by atoms with van der Waals surface area (Å²) >= 11 is 3.14. The summed E-state index contributed by atoms with van der Waals surface area (Å²) in [5.41, 5.74) is 0.444. The predicted molar refractivity (Wildman–Crippen MR) is 80.5 cm³/mol. The number of aromatic nitrogens is 1. The third-order valence-electron chi connectivity index (χ3n) is 2.71. The van der Waals surface area contributed by atoms with Gasteiger partial charge in [-0.1, -0.05) is 0 Å². The van der Waals surface area contributed by atoms with Crippen LogP contribution in [0.2, 0.25) is 0 Å². The maximum absolute atomic E-state index is 12.0. The molecule has 1 aromatic carbocycles. The van der Waals surface area contributed by atoms with Crippen LogP contribution in [0.4, 0.5) is 11.4 Å². The molecule has 0 atom stereocenters. The van der Waals surface area contributed by atoms with E-state index in [0.717, 1.165) is 0 Å². The van der Waals surface area contributed by atoms with Gasteiger partial charge in [0.05, 0.1) is 10.6 Å². The number of hydrogen-bond donors (Lipinski definition) is 2. The van der Waals surface area contributed by atoms with Crippen LogP contribution >= 0.6 is 15.9 Å². The van der Waals surface area contributed by atoms with Crippen molar-refractivity contribution in [3.63, 3.8) is 0 Å². The molecule has 0 unspecified atom stereocenters. The summed E-state index contributed by atoms with van der Waals surface area (Å²) in [6.45, 7) is 1.70. The van der Waals surface area contributed by atoms with Crippen molar-refractivity contribution in [3.8, 4) is 0 Å². The number of nitrogens with zero attached hydrogens (tertiary/aromatic N) is 1. The van der Waals surface area contributed by atoms with E-state index in [2.05, 4.69) is 26.2 Å². The van der Waals surface area contributed by atoms with Crippen molar-refractivity contribution in [1.29, 1.82) is 0 Å². The molecule has 2 N–H and O–H groups in total. The number of anilines is 1. The minimum absolute atomic E-state index is 0.0362. The second-order valence-electron chi connectivity index (χ2n) is 4.27. The number of non-ortho nitro benzene ring substituents is 1. The zero-order valence-corrected chi connectivity index (χ0v) is 12.4. The number of aryl methyl sites for hydroxylation is 1. The van der Waals surface area contributed by atoms with E-state index < -0.39 is 16.3 Å². The highest BCUT2D eigenvalue weighted by molar-refractivity contribution is 9.10. The fraction of sp³-hybridized carbons (Fsp3) is 0.0769. The minimum atomic E-state index is -0.592. The van der Waals surface area contributed by atoms with Crippen molar-refractivity contribution in [2.45, 2.75) is 6.92 Å². The number of H-pyrrole nitrogens is 1. The van der Waals surface area contributed by atoms with Crippen molar-refractivity contribution in [3.05, 3.63) is 66.5 Å². The van der Waals surface area contributed by atoms with E-state index in [1.165, 1.54) is 30.5 Å². The van der Waals surface area contributed by atoms with Crippen LogP contribution in [-0.4, -0.2) is 15.8 Å².